The molecule has 0 unspecified atom stereocenters. The van der Waals surface area contributed by atoms with Gasteiger partial charge in [0, 0.05) is 24.2 Å². The van der Waals surface area contributed by atoms with E-state index in [1.165, 1.54) is 43.5 Å². The Hall–Kier alpha value is -2.00. The minimum atomic E-state index is -3.78. The summed E-state index contributed by atoms with van der Waals surface area (Å²) >= 11 is 5.66. The molecule has 0 atom stereocenters. The lowest BCUT2D eigenvalue weighted by Crippen LogP contribution is -2.27. The number of hydrogen-bond donors (Lipinski definition) is 2. The molecular weight excluding hydrogens is 371 g/mol. The third-order valence-electron chi connectivity index (χ3n) is 3.18. The topological polar surface area (TPSA) is 84.5 Å². The lowest BCUT2D eigenvalue weighted by atomic mass is 10.2. The number of rotatable bonds is 7. The van der Waals surface area contributed by atoms with Crippen LogP contribution in [0.3, 0.4) is 0 Å². The van der Waals surface area contributed by atoms with Crippen molar-refractivity contribution >= 4 is 33.2 Å². The van der Waals surface area contributed by atoms with Crippen LogP contribution in [0.1, 0.15) is 10.4 Å². The van der Waals surface area contributed by atoms with Gasteiger partial charge >= 0.3 is 0 Å². The first-order chi connectivity index (χ1) is 11.8. The molecule has 0 fully saturated rings. The summed E-state index contributed by atoms with van der Waals surface area (Å²) in [6.45, 7) is 0.320. The van der Waals surface area contributed by atoms with Gasteiger partial charge in [-0.05, 0) is 36.4 Å². The number of sulfonamides is 1. The SMILES string of the molecule is COCCNS(=O)(=O)c1cccc(C(=O)Nc2ccc(Cl)cc2F)c1. The van der Waals surface area contributed by atoms with Crippen molar-refractivity contribution in [3.8, 4) is 0 Å². The second-order valence-electron chi connectivity index (χ2n) is 5.00. The molecule has 2 N–H and O–H groups in total. The van der Waals surface area contributed by atoms with Crippen molar-refractivity contribution in [1.82, 2.24) is 4.72 Å². The van der Waals surface area contributed by atoms with Crippen LogP contribution in [0.4, 0.5) is 10.1 Å². The largest absolute Gasteiger partial charge is 0.383 e. The number of hydrogen-bond acceptors (Lipinski definition) is 4. The van der Waals surface area contributed by atoms with E-state index in [1.54, 1.807) is 0 Å². The number of halogens is 2. The zero-order chi connectivity index (χ0) is 18.4. The molecule has 0 spiro atoms. The van der Waals surface area contributed by atoms with E-state index in [0.717, 1.165) is 6.07 Å². The highest BCUT2D eigenvalue weighted by Gasteiger charge is 2.16. The van der Waals surface area contributed by atoms with Crippen molar-refractivity contribution < 1.29 is 22.3 Å². The predicted octanol–water partition coefficient (Wildman–Crippen LogP) is 2.66. The van der Waals surface area contributed by atoms with E-state index >= 15 is 0 Å². The van der Waals surface area contributed by atoms with Gasteiger partial charge in [-0.15, -0.1) is 0 Å². The van der Waals surface area contributed by atoms with E-state index in [2.05, 4.69) is 10.0 Å². The molecule has 0 aromatic heterocycles. The van der Waals surface area contributed by atoms with E-state index in [-0.39, 0.29) is 34.3 Å². The normalized spacial score (nSPS) is 11.3. The number of nitrogens with one attached hydrogen (secondary N) is 2. The first-order valence-electron chi connectivity index (χ1n) is 7.18. The summed E-state index contributed by atoms with van der Waals surface area (Å²) in [7, 11) is -2.32. The van der Waals surface area contributed by atoms with Crippen molar-refractivity contribution in [2.24, 2.45) is 0 Å². The van der Waals surface area contributed by atoms with Crippen LogP contribution in [-0.2, 0) is 14.8 Å². The van der Waals surface area contributed by atoms with Gasteiger partial charge in [0.15, 0.2) is 0 Å². The molecule has 6 nitrogen and oxygen atoms in total. The lowest BCUT2D eigenvalue weighted by molar-refractivity contribution is 0.102. The van der Waals surface area contributed by atoms with E-state index in [1.807, 2.05) is 0 Å². The number of ether oxygens (including phenoxy) is 1. The Morgan fingerprint density at radius 3 is 2.68 bits per heavy atom. The van der Waals surface area contributed by atoms with Crippen molar-refractivity contribution in [3.05, 3.63) is 58.9 Å². The summed E-state index contributed by atoms with van der Waals surface area (Å²) in [4.78, 5) is 12.2. The Bertz CT molecular complexity index is 874. The molecule has 2 aromatic rings. The Morgan fingerprint density at radius 2 is 2.00 bits per heavy atom. The Kier molecular flexibility index (Phi) is 6.49. The quantitative estimate of drug-likeness (QED) is 0.716. The van der Waals surface area contributed by atoms with Crippen LogP contribution in [0.15, 0.2) is 47.4 Å². The standard InChI is InChI=1S/C16H16ClFN2O4S/c1-24-8-7-19-25(22,23)13-4-2-3-11(9-13)16(21)20-15-6-5-12(17)10-14(15)18/h2-6,9-10,19H,7-8H2,1H3,(H,20,21). The molecule has 9 heteroatoms. The molecule has 1 amide bonds. The minimum Gasteiger partial charge on any atom is -0.383 e. The zero-order valence-electron chi connectivity index (χ0n) is 13.3. The second kappa shape index (κ2) is 8.39. The van der Waals surface area contributed by atoms with Gasteiger partial charge in [0.2, 0.25) is 10.0 Å². The van der Waals surface area contributed by atoms with Crippen LogP contribution in [-0.4, -0.2) is 34.6 Å². The van der Waals surface area contributed by atoms with E-state index in [0.29, 0.717) is 0 Å². The first-order valence-corrected chi connectivity index (χ1v) is 9.04. The van der Waals surface area contributed by atoms with Crippen LogP contribution < -0.4 is 10.0 Å². The molecule has 0 aliphatic rings. The van der Waals surface area contributed by atoms with Gasteiger partial charge in [-0.25, -0.2) is 17.5 Å². The van der Waals surface area contributed by atoms with Gasteiger partial charge in [-0.3, -0.25) is 4.79 Å². The highest BCUT2D eigenvalue weighted by Crippen LogP contribution is 2.20. The second-order valence-corrected chi connectivity index (χ2v) is 7.20. The number of benzene rings is 2. The average Bonchev–Trinajstić information content (AvgIpc) is 2.57. The smallest absolute Gasteiger partial charge is 0.255 e. The molecule has 0 heterocycles. The number of anilines is 1. The minimum absolute atomic E-state index is 0.0547. The summed E-state index contributed by atoms with van der Waals surface area (Å²) in [5, 5.41) is 2.58. The summed E-state index contributed by atoms with van der Waals surface area (Å²) in [5.41, 5.74) is 0.0184. The maximum atomic E-state index is 13.8. The third-order valence-corrected chi connectivity index (χ3v) is 4.88. The highest BCUT2D eigenvalue weighted by atomic mass is 35.5. The van der Waals surface area contributed by atoms with Gasteiger partial charge in [0.1, 0.15) is 5.82 Å². The van der Waals surface area contributed by atoms with Crippen molar-refractivity contribution in [2.45, 2.75) is 4.90 Å². The maximum absolute atomic E-state index is 13.8. The average molecular weight is 387 g/mol. The van der Waals surface area contributed by atoms with Crippen LogP contribution in [0.25, 0.3) is 0 Å². The summed E-state index contributed by atoms with van der Waals surface area (Å²) < 4.78 is 45.2. The van der Waals surface area contributed by atoms with Crippen molar-refractivity contribution in [2.75, 3.05) is 25.6 Å². The van der Waals surface area contributed by atoms with Crippen molar-refractivity contribution in [3.63, 3.8) is 0 Å². The molecule has 2 aromatic carbocycles. The van der Waals surface area contributed by atoms with Gasteiger partial charge in [0.25, 0.3) is 5.91 Å². The monoisotopic (exact) mass is 386 g/mol. The lowest BCUT2D eigenvalue weighted by Gasteiger charge is -2.09. The molecule has 25 heavy (non-hydrogen) atoms. The first kappa shape index (κ1) is 19.3. The van der Waals surface area contributed by atoms with Crippen LogP contribution in [0, 0.1) is 5.82 Å². The van der Waals surface area contributed by atoms with E-state index < -0.39 is 21.7 Å². The highest BCUT2D eigenvalue weighted by molar-refractivity contribution is 7.89. The molecule has 0 saturated carbocycles. The molecule has 0 radical (unpaired) electrons. The van der Waals surface area contributed by atoms with Crippen LogP contribution in [0.5, 0.6) is 0 Å². The third kappa shape index (κ3) is 5.23. The van der Waals surface area contributed by atoms with Gasteiger partial charge in [-0.1, -0.05) is 17.7 Å². The van der Waals surface area contributed by atoms with Crippen molar-refractivity contribution in [1.29, 1.82) is 0 Å². The number of carbonyl (C=O) groups is 1. The summed E-state index contributed by atoms with van der Waals surface area (Å²) in [6.07, 6.45) is 0. The molecular formula is C16H16ClFN2O4S. The molecule has 0 bridgehead atoms. The summed E-state index contributed by atoms with van der Waals surface area (Å²) in [5.74, 6) is -1.33. The zero-order valence-corrected chi connectivity index (χ0v) is 14.8. The number of amides is 1. The molecule has 2 rings (SSSR count). The number of methoxy groups -OCH3 is 1. The number of carbonyl (C=O) groups excluding carboxylic acids is 1. The Balaban J connectivity index is 2.18. The molecule has 0 aliphatic heterocycles. The maximum Gasteiger partial charge on any atom is 0.255 e. The Labute approximate surface area is 150 Å². The van der Waals surface area contributed by atoms with Gasteiger partial charge < -0.3 is 10.1 Å². The molecule has 0 saturated heterocycles. The Morgan fingerprint density at radius 1 is 1.24 bits per heavy atom. The van der Waals surface area contributed by atoms with Crippen LogP contribution in [0.2, 0.25) is 5.02 Å². The van der Waals surface area contributed by atoms with Gasteiger partial charge in [-0.2, -0.15) is 0 Å². The summed E-state index contributed by atoms with van der Waals surface area (Å²) in [6, 6.07) is 9.24. The molecule has 134 valence electrons. The van der Waals surface area contributed by atoms with Gasteiger partial charge in [0.05, 0.1) is 17.2 Å². The fourth-order valence-corrected chi connectivity index (χ4v) is 3.17. The predicted molar refractivity (Wildman–Crippen MR) is 92.9 cm³/mol. The van der Waals surface area contributed by atoms with E-state index in [9.17, 15) is 17.6 Å². The fourth-order valence-electron chi connectivity index (χ4n) is 1.95. The van der Waals surface area contributed by atoms with E-state index in [4.69, 9.17) is 16.3 Å². The van der Waals surface area contributed by atoms with Crippen LogP contribution >= 0.6 is 11.6 Å². The fraction of sp³-hybridized carbons (Fsp3) is 0.188. The molecule has 0 aliphatic carbocycles.